The van der Waals surface area contributed by atoms with E-state index in [2.05, 4.69) is 65.9 Å². The fraction of sp³-hybridized carbons (Fsp3) is 0.667. The summed E-state index contributed by atoms with van der Waals surface area (Å²) in [6, 6.07) is 7.97. The minimum Gasteiger partial charge on any atom is -0.345 e. The van der Waals surface area contributed by atoms with Crippen molar-refractivity contribution in [2.45, 2.75) is 85.0 Å². The van der Waals surface area contributed by atoms with Crippen LogP contribution in [0.2, 0.25) is 0 Å². The third-order valence-electron chi connectivity index (χ3n) is 6.64. The zero-order valence-electron chi connectivity index (χ0n) is 20.1. The number of hydrogen-bond acceptors (Lipinski definition) is 6. The van der Waals surface area contributed by atoms with Crippen LogP contribution in [0.15, 0.2) is 24.3 Å². The van der Waals surface area contributed by atoms with Crippen LogP contribution in [0.3, 0.4) is 0 Å². The third-order valence-corrected chi connectivity index (χ3v) is 6.64. The Hall–Kier alpha value is -2.32. The number of carbonyl (C=O) groups excluding carboxylic acids is 1. The van der Waals surface area contributed by atoms with Gasteiger partial charge in [0.15, 0.2) is 5.82 Å². The summed E-state index contributed by atoms with van der Waals surface area (Å²) in [5.74, 6) is 1.53. The molecule has 1 amide bonds. The van der Waals surface area contributed by atoms with Crippen LogP contribution in [0.1, 0.15) is 94.5 Å². The molecule has 0 radical (unpaired) electrons. The Balaban J connectivity index is 1.64. The van der Waals surface area contributed by atoms with Crippen LogP contribution >= 0.6 is 0 Å². The van der Waals surface area contributed by atoms with Crippen molar-refractivity contribution < 1.29 is 4.79 Å². The molecule has 1 aromatic heterocycles. The van der Waals surface area contributed by atoms with E-state index in [-0.39, 0.29) is 24.2 Å². The van der Waals surface area contributed by atoms with E-state index in [1.165, 1.54) is 0 Å². The molecule has 8 heteroatoms. The fourth-order valence-corrected chi connectivity index (χ4v) is 4.63. The van der Waals surface area contributed by atoms with Crippen LogP contribution in [0.5, 0.6) is 0 Å². The second kappa shape index (κ2) is 10.1. The van der Waals surface area contributed by atoms with Gasteiger partial charge in [-0.25, -0.2) is 0 Å². The van der Waals surface area contributed by atoms with E-state index < -0.39 is 0 Å². The summed E-state index contributed by atoms with van der Waals surface area (Å²) in [6.45, 7) is 11.7. The summed E-state index contributed by atoms with van der Waals surface area (Å²) in [5.41, 5.74) is 8.60. The lowest BCUT2D eigenvalue weighted by Crippen LogP contribution is -2.57. The van der Waals surface area contributed by atoms with E-state index in [0.29, 0.717) is 22.7 Å². The largest absolute Gasteiger partial charge is 0.345 e. The third kappa shape index (κ3) is 6.59. The molecule has 5 N–H and O–H groups in total. The molecule has 0 saturated heterocycles. The summed E-state index contributed by atoms with van der Waals surface area (Å²) >= 11 is 0. The van der Waals surface area contributed by atoms with E-state index in [1.807, 2.05) is 24.3 Å². The van der Waals surface area contributed by atoms with Crippen LogP contribution in [0, 0.1) is 17.3 Å². The van der Waals surface area contributed by atoms with Gasteiger partial charge < -0.3 is 11.1 Å². The highest BCUT2D eigenvalue weighted by Gasteiger charge is 2.37. The van der Waals surface area contributed by atoms with Crippen molar-refractivity contribution in [1.82, 2.24) is 31.3 Å². The monoisotopic (exact) mass is 441 g/mol. The Bertz CT molecular complexity index is 847. The normalized spacial score (nSPS) is 22.7. The summed E-state index contributed by atoms with van der Waals surface area (Å²) in [5, 5.41) is 20.2. The van der Waals surface area contributed by atoms with Gasteiger partial charge in [-0.2, -0.15) is 5.21 Å². The van der Waals surface area contributed by atoms with Crippen LogP contribution in [-0.4, -0.2) is 32.2 Å². The van der Waals surface area contributed by atoms with Crippen molar-refractivity contribution in [2.75, 3.05) is 0 Å². The fourth-order valence-electron chi connectivity index (χ4n) is 4.63. The lowest BCUT2D eigenvalue weighted by molar-refractivity contribution is 0.0949. The number of nitrogens with one attached hydrogen (secondary N) is 3. The van der Waals surface area contributed by atoms with Gasteiger partial charge in [0.05, 0.1) is 12.2 Å². The number of nitrogens with two attached hydrogens (primary N) is 1. The first-order valence-electron chi connectivity index (χ1n) is 11.7. The molecule has 1 atom stereocenters. The lowest BCUT2D eigenvalue weighted by Gasteiger charge is -2.44. The van der Waals surface area contributed by atoms with Crippen LogP contribution < -0.4 is 16.4 Å². The average Bonchev–Trinajstić information content (AvgIpc) is 3.24. The highest BCUT2D eigenvalue weighted by molar-refractivity contribution is 5.94. The van der Waals surface area contributed by atoms with E-state index in [9.17, 15) is 4.79 Å². The Kier molecular flexibility index (Phi) is 7.67. The first kappa shape index (κ1) is 24.3. The molecule has 2 aromatic rings. The Morgan fingerprint density at radius 1 is 1.22 bits per heavy atom. The predicted octanol–water partition coefficient (Wildman–Crippen LogP) is 3.70. The Labute approximate surface area is 191 Å². The zero-order valence-corrected chi connectivity index (χ0v) is 20.1. The molecule has 0 bridgehead atoms. The number of rotatable bonds is 8. The number of aromatic amines is 1. The molecule has 0 unspecified atom stereocenters. The van der Waals surface area contributed by atoms with Gasteiger partial charge in [0.2, 0.25) is 0 Å². The van der Waals surface area contributed by atoms with Gasteiger partial charge in [-0.1, -0.05) is 52.0 Å². The van der Waals surface area contributed by atoms with Gasteiger partial charge in [0.1, 0.15) is 0 Å². The smallest absolute Gasteiger partial charge is 0.251 e. The number of amides is 1. The number of nitrogens with zero attached hydrogens (tertiary/aromatic N) is 3. The first-order chi connectivity index (χ1) is 15.1. The molecule has 0 spiro atoms. The molecule has 32 heavy (non-hydrogen) atoms. The molecule has 176 valence electrons. The lowest BCUT2D eigenvalue weighted by atomic mass is 9.69. The Morgan fingerprint density at radius 2 is 1.88 bits per heavy atom. The average molecular weight is 442 g/mol. The maximum absolute atomic E-state index is 12.4. The van der Waals surface area contributed by atoms with Crippen LogP contribution in [-0.2, 0) is 6.54 Å². The molecule has 1 aromatic carbocycles. The zero-order chi connectivity index (χ0) is 23.4. The van der Waals surface area contributed by atoms with Crippen molar-refractivity contribution in [3.05, 3.63) is 41.2 Å². The number of carbonyl (C=O) groups is 1. The molecule has 1 saturated carbocycles. The molecule has 0 aliphatic heterocycles. The number of aromatic nitrogens is 4. The van der Waals surface area contributed by atoms with Crippen molar-refractivity contribution in [2.24, 2.45) is 23.0 Å². The van der Waals surface area contributed by atoms with E-state index in [1.54, 1.807) is 0 Å². The van der Waals surface area contributed by atoms with Gasteiger partial charge in [-0.15, -0.1) is 10.2 Å². The highest BCUT2D eigenvalue weighted by Crippen LogP contribution is 2.40. The molecular weight excluding hydrogens is 402 g/mol. The maximum atomic E-state index is 12.4. The molecule has 8 nitrogen and oxygen atoms in total. The number of tetrazole rings is 1. The SMILES string of the molecule is CC(C)C[C@@H](NC1(N)CCC(C(C)(C)C)CC1)c1ccc(C(=O)NCc2nn[nH]n2)cc1. The van der Waals surface area contributed by atoms with Crippen molar-refractivity contribution >= 4 is 5.91 Å². The molecular formula is C24H39N7O. The Morgan fingerprint density at radius 3 is 2.41 bits per heavy atom. The van der Waals surface area contributed by atoms with Crippen molar-refractivity contribution in [3.63, 3.8) is 0 Å². The standard InChI is InChI=1S/C24H39N7O/c1-16(2)14-20(27-24(25)12-10-19(11-13-24)23(3,4)5)17-6-8-18(9-7-17)22(32)26-15-21-28-30-31-29-21/h6-9,16,19-20,27H,10-15,25H2,1-5H3,(H,26,32)(H,28,29,30,31)/t19?,20-,24?/m1/s1. The van der Waals surface area contributed by atoms with E-state index in [4.69, 9.17) is 5.73 Å². The van der Waals surface area contributed by atoms with Crippen LogP contribution in [0.25, 0.3) is 0 Å². The quantitative estimate of drug-likeness (QED) is 0.464. The van der Waals surface area contributed by atoms with Crippen molar-refractivity contribution in [3.8, 4) is 0 Å². The van der Waals surface area contributed by atoms with E-state index >= 15 is 0 Å². The van der Waals surface area contributed by atoms with Gasteiger partial charge in [-0.05, 0) is 67.1 Å². The first-order valence-corrected chi connectivity index (χ1v) is 11.7. The second-order valence-corrected chi connectivity index (χ2v) is 10.8. The number of hydrogen-bond donors (Lipinski definition) is 4. The summed E-state index contributed by atoms with van der Waals surface area (Å²) in [7, 11) is 0. The van der Waals surface area contributed by atoms with E-state index in [0.717, 1.165) is 43.6 Å². The summed E-state index contributed by atoms with van der Waals surface area (Å²) in [4.78, 5) is 12.4. The minimum absolute atomic E-state index is 0.155. The molecule has 1 fully saturated rings. The van der Waals surface area contributed by atoms with Gasteiger partial charge in [-0.3, -0.25) is 10.1 Å². The molecule has 1 heterocycles. The second-order valence-electron chi connectivity index (χ2n) is 10.8. The van der Waals surface area contributed by atoms with Gasteiger partial charge in [0, 0.05) is 11.6 Å². The molecule has 3 rings (SSSR count). The maximum Gasteiger partial charge on any atom is 0.251 e. The molecule has 1 aliphatic carbocycles. The van der Waals surface area contributed by atoms with Crippen LogP contribution in [0.4, 0.5) is 0 Å². The molecule has 1 aliphatic rings. The van der Waals surface area contributed by atoms with Gasteiger partial charge in [0.25, 0.3) is 5.91 Å². The van der Waals surface area contributed by atoms with Gasteiger partial charge >= 0.3 is 0 Å². The minimum atomic E-state index is -0.345. The summed E-state index contributed by atoms with van der Waals surface area (Å²) in [6.07, 6.45) is 5.27. The number of H-pyrrole nitrogens is 1. The van der Waals surface area contributed by atoms with Crippen molar-refractivity contribution in [1.29, 1.82) is 0 Å². The topological polar surface area (TPSA) is 122 Å². The number of benzene rings is 1. The summed E-state index contributed by atoms with van der Waals surface area (Å²) < 4.78 is 0. The highest BCUT2D eigenvalue weighted by atomic mass is 16.1. The predicted molar refractivity (Wildman–Crippen MR) is 125 cm³/mol.